The second kappa shape index (κ2) is 11.3. The maximum Gasteiger partial charge on any atom is 0.490 e. The third-order valence-corrected chi connectivity index (χ3v) is 5.60. The Morgan fingerprint density at radius 3 is 2.18 bits per heavy atom. The quantitative estimate of drug-likeness (QED) is 0.633. The summed E-state index contributed by atoms with van der Waals surface area (Å²) in [5.41, 5.74) is 9.06. The van der Waals surface area contributed by atoms with Crippen molar-refractivity contribution in [2.24, 2.45) is 5.73 Å². The van der Waals surface area contributed by atoms with Crippen molar-refractivity contribution >= 4 is 11.9 Å². The molecule has 0 unspecified atom stereocenters. The first-order chi connectivity index (χ1) is 15.8. The highest BCUT2D eigenvalue weighted by atomic mass is 19.4. The highest BCUT2D eigenvalue weighted by molar-refractivity contribution is 5.83. The standard InChI is InChI=1S/C21H26FN3O2.C2HF3O2/c1-3-24-12-17(8-9-19(24)26)16-6-4-15(5-7-16)14(2)20(23)21(27)25-11-10-18(22)13-25;3-2(4,5)1(6)7/h4-9,12,14,18,20H,3,10-11,13,23H2,1-2H3;(H,6,7)/t14-,18-,20-;/m0./s1. The predicted molar refractivity (Wildman–Crippen MR) is 118 cm³/mol. The number of aryl methyl sites for hydroxylation is 1. The summed E-state index contributed by atoms with van der Waals surface area (Å²) >= 11 is 0. The van der Waals surface area contributed by atoms with E-state index in [-0.39, 0.29) is 23.9 Å². The molecule has 1 aromatic carbocycles. The Morgan fingerprint density at radius 2 is 1.71 bits per heavy atom. The second-order valence-electron chi connectivity index (χ2n) is 7.95. The second-order valence-corrected chi connectivity index (χ2v) is 7.95. The summed E-state index contributed by atoms with van der Waals surface area (Å²) in [4.78, 5) is 34.7. The van der Waals surface area contributed by atoms with Gasteiger partial charge in [-0.15, -0.1) is 0 Å². The molecule has 0 spiro atoms. The van der Waals surface area contributed by atoms with Crippen LogP contribution in [-0.2, 0) is 16.1 Å². The molecule has 1 aromatic heterocycles. The number of alkyl halides is 4. The van der Waals surface area contributed by atoms with Gasteiger partial charge in [0.25, 0.3) is 5.56 Å². The van der Waals surface area contributed by atoms with E-state index in [0.717, 1.165) is 16.7 Å². The lowest BCUT2D eigenvalue weighted by Gasteiger charge is -2.25. The van der Waals surface area contributed by atoms with Gasteiger partial charge in [-0.3, -0.25) is 9.59 Å². The Hall–Kier alpha value is -3.21. The first-order valence-corrected chi connectivity index (χ1v) is 10.6. The Morgan fingerprint density at radius 1 is 1.15 bits per heavy atom. The van der Waals surface area contributed by atoms with Crippen LogP contribution in [0, 0.1) is 0 Å². The van der Waals surface area contributed by atoms with E-state index >= 15 is 0 Å². The average molecular weight is 485 g/mol. The molecule has 0 radical (unpaired) electrons. The molecule has 1 aliphatic heterocycles. The number of benzene rings is 1. The number of aromatic nitrogens is 1. The number of pyridine rings is 1. The van der Waals surface area contributed by atoms with Gasteiger partial charge in [-0.25, -0.2) is 9.18 Å². The van der Waals surface area contributed by atoms with Crippen molar-refractivity contribution in [1.29, 1.82) is 0 Å². The Kier molecular flexibility index (Phi) is 8.97. The first kappa shape index (κ1) is 27.0. The number of likely N-dealkylation sites (tertiary alicyclic amines) is 1. The molecule has 0 aliphatic carbocycles. The number of amides is 1. The molecule has 0 bridgehead atoms. The van der Waals surface area contributed by atoms with Crippen LogP contribution in [-0.4, -0.2) is 57.9 Å². The third kappa shape index (κ3) is 6.89. The number of nitrogens with zero attached hydrogens (tertiary/aromatic N) is 2. The number of rotatable bonds is 5. The van der Waals surface area contributed by atoms with Crippen LogP contribution < -0.4 is 11.3 Å². The zero-order valence-corrected chi connectivity index (χ0v) is 18.8. The highest BCUT2D eigenvalue weighted by Crippen LogP contribution is 2.25. The van der Waals surface area contributed by atoms with E-state index in [0.29, 0.717) is 19.5 Å². The average Bonchev–Trinajstić information content (AvgIpc) is 3.24. The third-order valence-electron chi connectivity index (χ3n) is 5.60. The number of aliphatic carboxylic acids is 1. The fourth-order valence-corrected chi connectivity index (χ4v) is 3.48. The molecule has 1 saturated heterocycles. The fraction of sp³-hybridized carbons (Fsp3) is 0.435. The van der Waals surface area contributed by atoms with Crippen LogP contribution in [0.4, 0.5) is 17.6 Å². The van der Waals surface area contributed by atoms with Crippen molar-refractivity contribution < 1.29 is 32.3 Å². The van der Waals surface area contributed by atoms with Gasteiger partial charge < -0.3 is 20.3 Å². The van der Waals surface area contributed by atoms with Gasteiger partial charge in [0.2, 0.25) is 5.91 Å². The summed E-state index contributed by atoms with van der Waals surface area (Å²) in [6.07, 6.45) is -3.79. The predicted octanol–water partition coefficient (Wildman–Crippen LogP) is 3.17. The lowest BCUT2D eigenvalue weighted by Crippen LogP contribution is -2.45. The molecule has 1 fully saturated rings. The van der Waals surface area contributed by atoms with Gasteiger partial charge >= 0.3 is 12.1 Å². The minimum absolute atomic E-state index is 0.0200. The molecule has 2 heterocycles. The van der Waals surface area contributed by atoms with Crippen LogP contribution >= 0.6 is 0 Å². The molecule has 2 aromatic rings. The van der Waals surface area contributed by atoms with Crippen LogP contribution in [0.5, 0.6) is 0 Å². The van der Waals surface area contributed by atoms with Crippen molar-refractivity contribution in [1.82, 2.24) is 9.47 Å². The smallest absolute Gasteiger partial charge is 0.475 e. The SMILES string of the molecule is CCn1cc(-c2ccc([C@H](C)[C@H](N)C(=O)N3CC[C@H](F)C3)cc2)ccc1=O.O=C(O)C(F)(F)F. The first-order valence-electron chi connectivity index (χ1n) is 10.6. The number of carboxylic acid groups (broad SMARTS) is 1. The van der Waals surface area contributed by atoms with Gasteiger partial charge in [-0.05, 0) is 36.1 Å². The minimum atomic E-state index is -5.08. The Balaban J connectivity index is 0.000000509. The van der Waals surface area contributed by atoms with Gasteiger partial charge in [0.1, 0.15) is 6.17 Å². The van der Waals surface area contributed by atoms with Crippen molar-refractivity contribution in [3.8, 4) is 11.1 Å². The molecule has 34 heavy (non-hydrogen) atoms. The molecule has 3 atom stereocenters. The number of carbonyl (C=O) groups is 2. The number of nitrogens with two attached hydrogens (primary N) is 1. The van der Waals surface area contributed by atoms with Crippen molar-refractivity contribution in [3.05, 3.63) is 58.5 Å². The van der Waals surface area contributed by atoms with E-state index in [2.05, 4.69) is 0 Å². The maximum atomic E-state index is 13.4. The molecule has 3 rings (SSSR count). The number of carbonyl (C=O) groups excluding carboxylic acids is 1. The zero-order chi connectivity index (χ0) is 25.6. The molecule has 0 saturated carbocycles. The number of hydrogen-bond donors (Lipinski definition) is 2. The van der Waals surface area contributed by atoms with E-state index in [4.69, 9.17) is 15.6 Å². The molecule has 1 amide bonds. The van der Waals surface area contributed by atoms with Crippen LogP contribution in [0.25, 0.3) is 11.1 Å². The lowest BCUT2D eigenvalue weighted by molar-refractivity contribution is -0.192. The van der Waals surface area contributed by atoms with E-state index in [1.807, 2.05) is 50.4 Å². The topological polar surface area (TPSA) is 106 Å². The van der Waals surface area contributed by atoms with Gasteiger partial charge in [0.15, 0.2) is 0 Å². The lowest BCUT2D eigenvalue weighted by atomic mass is 9.91. The summed E-state index contributed by atoms with van der Waals surface area (Å²) in [5, 5.41) is 7.12. The monoisotopic (exact) mass is 485 g/mol. The maximum absolute atomic E-state index is 13.4. The molecule has 186 valence electrons. The van der Waals surface area contributed by atoms with E-state index in [9.17, 15) is 27.2 Å². The minimum Gasteiger partial charge on any atom is -0.475 e. The molecular weight excluding hydrogens is 458 g/mol. The molecule has 7 nitrogen and oxygen atoms in total. The van der Waals surface area contributed by atoms with Crippen LogP contribution in [0.1, 0.15) is 31.7 Å². The Bertz CT molecular complexity index is 1050. The van der Waals surface area contributed by atoms with Gasteiger partial charge in [-0.2, -0.15) is 13.2 Å². The number of carboxylic acids is 1. The molecule has 11 heteroatoms. The van der Waals surface area contributed by atoms with Crippen LogP contribution in [0.15, 0.2) is 47.4 Å². The van der Waals surface area contributed by atoms with Gasteiger partial charge in [0, 0.05) is 31.3 Å². The van der Waals surface area contributed by atoms with E-state index < -0.39 is 24.4 Å². The molecular formula is C23H27F4N3O4. The number of hydrogen-bond acceptors (Lipinski definition) is 4. The van der Waals surface area contributed by atoms with Crippen molar-refractivity contribution in [2.75, 3.05) is 13.1 Å². The number of halogens is 4. The molecule has 3 N–H and O–H groups in total. The summed E-state index contributed by atoms with van der Waals surface area (Å²) in [7, 11) is 0. The van der Waals surface area contributed by atoms with Gasteiger partial charge in [0.05, 0.1) is 12.6 Å². The van der Waals surface area contributed by atoms with Crippen molar-refractivity contribution in [2.45, 2.75) is 51.1 Å². The fourth-order valence-electron chi connectivity index (χ4n) is 3.48. The normalized spacial score (nSPS) is 17.5. The van der Waals surface area contributed by atoms with Crippen LogP contribution in [0.3, 0.4) is 0 Å². The summed E-state index contributed by atoms with van der Waals surface area (Å²) in [6.45, 7) is 5.05. The van der Waals surface area contributed by atoms with Crippen molar-refractivity contribution in [3.63, 3.8) is 0 Å². The van der Waals surface area contributed by atoms with E-state index in [1.165, 1.54) is 4.90 Å². The summed E-state index contributed by atoms with van der Waals surface area (Å²) in [6, 6.07) is 10.5. The summed E-state index contributed by atoms with van der Waals surface area (Å²) < 4.78 is 46.7. The molecule has 1 aliphatic rings. The van der Waals surface area contributed by atoms with E-state index in [1.54, 1.807) is 10.6 Å². The van der Waals surface area contributed by atoms with Crippen LogP contribution in [0.2, 0.25) is 0 Å². The summed E-state index contributed by atoms with van der Waals surface area (Å²) in [5.74, 6) is -3.12. The van der Waals surface area contributed by atoms with Gasteiger partial charge in [-0.1, -0.05) is 31.2 Å². The largest absolute Gasteiger partial charge is 0.490 e. The Labute approximate surface area is 193 Å². The zero-order valence-electron chi connectivity index (χ0n) is 18.8. The highest BCUT2D eigenvalue weighted by Gasteiger charge is 2.38.